The lowest BCUT2D eigenvalue weighted by molar-refractivity contribution is -0.0604. The van der Waals surface area contributed by atoms with Crippen LogP contribution in [-0.2, 0) is 12.8 Å². The summed E-state index contributed by atoms with van der Waals surface area (Å²) in [5, 5.41) is 20.8. The van der Waals surface area contributed by atoms with Crippen molar-refractivity contribution in [3.05, 3.63) is 75.9 Å². The SMILES string of the molecule is [C-]#[N+]c1ccc2c(c1F)CCC1C2C[C@@H](C)C2C1CC[C@@]2(O)Cc1ccc(C#N)cc1. The third-order valence-corrected chi connectivity index (χ3v) is 8.40. The van der Waals surface area contributed by atoms with Crippen molar-refractivity contribution >= 4 is 5.69 Å². The first kappa shape index (κ1) is 20.2. The van der Waals surface area contributed by atoms with Crippen LogP contribution in [0.15, 0.2) is 36.4 Å². The molecule has 3 aliphatic rings. The number of nitrogens with zero attached hydrogens (tertiary/aromatic N) is 2. The Morgan fingerprint density at radius 1 is 1.19 bits per heavy atom. The normalized spacial score (nSPS) is 33.5. The average Bonchev–Trinajstić information content (AvgIpc) is 3.12. The van der Waals surface area contributed by atoms with Crippen LogP contribution in [0.4, 0.5) is 10.1 Å². The zero-order valence-corrected chi connectivity index (χ0v) is 17.8. The lowest BCUT2D eigenvalue weighted by Gasteiger charge is -2.50. The predicted molar refractivity (Wildman–Crippen MR) is 117 cm³/mol. The van der Waals surface area contributed by atoms with E-state index < -0.39 is 5.60 Å². The van der Waals surface area contributed by atoms with Gasteiger partial charge in [0.15, 0.2) is 0 Å². The minimum Gasteiger partial charge on any atom is -0.389 e. The summed E-state index contributed by atoms with van der Waals surface area (Å²) in [6, 6.07) is 13.4. The highest BCUT2D eigenvalue weighted by Gasteiger charge is 2.56. The largest absolute Gasteiger partial charge is 0.389 e. The van der Waals surface area contributed by atoms with Gasteiger partial charge in [0.2, 0.25) is 5.69 Å². The van der Waals surface area contributed by atoms with Gasteiger partial charge in [-0.25, -0.2) is 9.24 Å². The molecular weight excluding hydrogens is 387 g/mol. The van der Waals surface area contributed by atoms with Crippen LogP contribution in [0, 0.1) is 47.4 Å². The molecule has 2 aromatic rings. The fraction of sp³-hybridized carbons (Fsp3) is 0.481. The van der Waals surface area contributed by atoms with Crippen LogP contribution in [0.2, 0.25) is 0 Å². The molecule has 5 rings (SSSR count). The second-order valence-electron chi connectivity index (χ2n) is 9.92. The van der Waals surface area contributed by atoms with Crippen LogP contribution < -0.4 is 0 Å². The fourth-order valence-electron chi connectivity index (χ4n) is 7.27. The van der Waals surface area contributed by atoms with Crippen molar-refractivity contribution in [2.75, 3.05) is 0 Å². The maximum Gasteiger partial charge on any atom is 0.222 e. The summed E-state index contributed by atoms with van der Waals surface area (Å²) in [6.45, 7) is 9.46. The summed E-state index contributed by atoms with van der Waals surface area (Å²) >= 11 is 0. The van der Waals surface area contributed by atoms with E-state index in [0.29, 0.717) is 42.1 Å². The van der Waals surface area contributed by atoms with E-state index in [4.69, 9.17) is 11.8 Å². The highest BCUT2D eigenvalue weighted by molar-refractivity contribution is 5.53. The van der Waals surface area contributed by atoms with E-state index in [1.54, 1.807) is 6.07 Å². The number of halogens is 1. The number of hydrogen-bond donors (Lipinski definition) is 1. The quantitative estimate of drug-likeness (QED) is 0.619. The van der Waals surface area contributed by atoms with E-state index in [2.05, 4.69) is 17.8 Å². The molecule has 4 heteroatoms. The summed E-state index contributed by atoms with van der Waals surface area (Å²) in [4.78, 5) is 3.34. The monoisotopic (exact) mass is 414 g/mol. The second kappa shape index (κ2) is 7.47. The molecule has 0 heterocycles. The third kappa shape index (κ3) is 3.17. The molecule has 158 valence electrons. The Bertz CT molecular complexity index is 1100. The molecule has 0 aromatic heterocycles. The van der Waals surface area contributed by atoms with Gasteiger partial charge >= 0.3 is 0 Å². The average molecular weight is 415 g/mol. The number of fused-ring (bicyclic) bond motifs is 5. The molecule has 2 fully saturated rings. The van der Waals surface area contributed by atoms with Gasteiger partial charge in [0.1, 0.15) is 5.82 Å². The summed E-state index contributed by atoms with van der Waals surface area (Å²) in [5.74, 6) is 1.54. The number of benzene rings is 2. The van der Waals surface area contributed by atoms with Gasteiger partial charge in [-0.2, -0.15) is 5.26 Å². The Balaban J connectivity index is 1.43. The first-order valence-electron chi connectivity index (χ1n) is 11.4. The number of hydrogen-bond acceptors (Lipinski definition) is 2. The van der Waals surface area contributed by atoms with Gasteiger partial charge in [0.05, 0.1) is 23.8 Å². The second-order valence-corrected chi connectivity index (χ2v) is 9.92. The van der Waals surface area contributed by atoms with E-state index in [-0.39, 0.29) is 17.4 Å². The lowest BCUT2D eigenvalue weighted by Crippen LogP contribution is -2.47. The highest BCUT2D eigenvalue weighted by Crippen LogP contribution is 2.60. The zero-order valence-electron chi connectivity index (χ0n) is 17.8. The molecule has 3 nitrogen and oxygen atoms in total. The molecule has 0 aliphatic heterocycles. The minimum absolute atomic E-state index is 0.136. The smallest absolute Gasteiger partial charge is 0.222 e. The molecule has 31 heavy (non-hydrogen) atoms. The first-order valence-corrected chi connectivity index (χ1v) is 11.4. The predicted octanol–water partition coefficient (Wildman–Crippen LogP) is 5.93. The summed E-state index contributed by atoms with van der Waals surface area (Å²) in [7, 11) is 0. The van der Waals surface area contributed by atoms with Gasteiger partial charge in [-0.05, 0) is 90.5 Å². The molecule has 6 atom stereocenters. The van der Waals surface area contributed by atoms with Crippen LogP contribution in [-0.4, -0.2) is 10.7 Å². The van der Waals surface area contributed by atoms with Crippen LogP contribution >= 0.6 is 0 Å². The van der Waals surface area contributed by atoms with Gasteiger partial charge < -0.3 is 5.11 Å². The maximum absolute atomic E-state index is 14.8. The topological polar surface area (TPSA) is 48.4 Å². The van der Waals surface area contributed by atoms with Gasteiger partial charge in [0.25, 0.3) is 0 Å². The van der Waals surface area contributed by atoms with E-state index in [0.717, 1.165) is 42.4 Å². The van der Waals surface area contributed by atoms with E-state index in [9.17, 15) is 9.50 Å². The van der Waals surface area contributed by atoms with Gasteiger partial charge in [-0.3, -0.25) is 0 Å². The van der Waals surface area contributed by atoms with Crippen molar-refractivity contribution < 1.29 is 9.50 Å². The number of rotatable bonds is 2. The number of aliphatic hydroxyl groups is 1. The Labute approximate surface area is 183 Å². The fourth-order valence-corrected chi connectivity index (χ4v) is 7.27. The van der Waals surface area contributed by atoms with Crippen LogP contribution in [0.25, 0.3) is 4.85 Å². The Morgan fingerprint density at radius 2 is 1.97 bits per heavy atom. The zero-order chi connectivity index (χ0) is 21.8. The molecular formula is C27H27FN2O. The minimum atomic E-state index is -0.720. The van der Waals surface area contributed by atoms with Crippen molar-refractivity contribution in [2.45, 2.75) is 57.0 Å². The Kier molecular flexibility index (Phi) is 4.87. The molecule has 0 amide bonds. The molecule has 0 radical (unpaired) electrons. The summed E-state index contributed by atoms with van der Waals surface area (Å²) in [5.41, 5.74) is 3.00. The summed E-state index contributed by atoms with van der Waals surface area (Å²) < 4.78 is 14.8. The highest BCUT2D eigenvalue weighted by atomic mass is 19.1. The Hall–Kier alpha value is -2.69. The van der Waals surface area contributed by atoms with Gasteiger partial charge in [-0.1, -0.05) is 31.2 Å². The number of nitriles is 1. The molecule has 1 N–H and O–H groups in total. The third-order valence-electron chi connectivity index (χ3n) is 8.40. The molecule has 3 aliphatic carbocycles. The van der Waals surface area contributed by atoms with Crippen molar-refractivity contribution in [3.63, 3.8) is 0 Å². The lowest BCUT2D eigenvalue weighted by atomic mass is 9.56. The van der Waals surface area contributed by atoms with Crippen molar-refractivity contribution in [3.8, 4) is 6.07 Å². The summed E-state index contributed by atoms with van der Waals surface area (Å²) in [6.07, 6.45) is 5.04. The van der Waals surface area contributed by atoms with Gasteiger partial charge in [-0.15, -0.1) is 0 Å². The van der Waals surface area contributed by atoms with Gasteiger partial charge in [0, 0.05) is 6.42 Å². The van der Waals surface area contributed by atoms with E-state index in [1.165, 1.54) is 0 Å². The standard InChI is InChI=1S/C27H27FN2O/c1-16-13-23-19(7-8-22-20(23)9-10-24(30-2)26(22)28)21-11-12-27(31,25(16)21)14-17-3-5-18(15-29)6-4-17/h3-6,9-10,16,19,21,23,25,31H,7-8,11-14H2,1H3/t16-,19?,21?,23?,25?,27-/m1/s1. The molecule has 0 bridgehead atoms. The van der Waals surface area contributed by atoms with E-state index in [1.807, 2.05) is 30.3 Å². The maximum atomic E-state index is 14.8. The molecule has 2 saturated carbocycles. The van der Waals surface area contributed by atoms with Crippen molar-refractivity contribution in [1.82, 2.24) is 0 Å². The molecule has 0 saturated heterocycles. The van der Waals surface area contributed by atoms with Crippen LogP contribution in [0.3, 0.4) is 0 Å². The molecule has 0 spiro atoms. The van der Waals surface area contributed by atoms with Crippen LogP contribution in [0.1, 0.15) is 60.8 Å². The molecule has 4 unspecified atom stereocenters. The first-order chi connectivity index (χ1) is 14.9. The van der Waals surface area contributed by atoms with Crippen molar-refractivity contribution in [2.24, 2.45) is 23.7 Å². The van der Waals surface area contributed by atoms with E-state index >= 15 is 0 Å². The Morgan fingerprint density at radius 3 is 2.68 bits per heavy atom. The molecule has 2 aromatic carbocycles. The van der Waals surface area contributed by atoms with Crippen molar-refractivity contribution in [1.29, 1.82) is 5.26 Å². The van der Waals surface area contributed by atoms with Crippen LogP contribution in [0.5, 0.6) is 0 Å².